The van der Waals surface area contributed by atoms with E-state index in [0.717, 1.165) is 24.8 Å². The van der Waals surface area contributed by atoms with Crippen molar-refractivity contribution in [3.8, 4) is 0 Å². The number of carbonyl (C=O) groups is 1. The first kappa shape index (κ1) is 19.9. The highest BCUT2D eigenvalue weighted by molar-refractivity contribution is 7.89. The first-order valence-electron chi connectivity index (χ1n) is 9.22. The van der Waals surface area contributed by atoms with Gasteiger partial charge in [-0.05, 0) is 38.2 Å². The number of aryl methyl sites for hydroxylation is 1. The van der Waals surface area contributed by atoms with E-state index >= 15 is 0 Å². The molecule has 1 saturated heterocycles. The molecule has 6 heteroatoms. The van der Waals surface area contributed by atoms with E-state index in [1.807, 2.05) is 45.0 Å². The molecule has 1 aliphatic rings. The molecule has 0 bridgehead atoms. The maximum atomic E-state index is 12.7. The van der Waals surface area contributed by atoms with Crippen molar-refractivity contribution in [3.05, 3.63) is 35.4 Å². The first-order valence-corrected chi connectivity index (χ1v) is 10.8. The third kappa shape index (κ3) is 5.28. The number of benzene rings is 1. The van der Waals surface area contributed by atoms with Crippen LogP contribution in [0.3, 0.4) is 0 Å². The maximum absolute atomic E-state index is 12.7. The SMILES string of the molecule is CCCS(=O)(=O)N1CCCC(C(=O)NC(CC)c2ccc(C)cc2)C1. The van der Waals surface area contributed by atoms with E-state index in [2.05, 4.69) is 5.32 Å². The summed E-state index contributed by atoms with van der Waals surface area (Å²) in [7, 11) is -3.24. The molecule has 2 rings (SSSR count). The van der Waals surface area contributed by atoms with Gasteiger partial charge in [0.15, 0.2) is 0 Å². The van der Waals surface area contributed by atoms with Crippen molar-refractivity contribution < 1.29 is 13.2 Å². The molecule has 1 amide bonds. The molecule has 0 aromatic heterocycles. The molecule has 1 aromatic rings. The second kappa shape index (κ2) is 8.81. The number of hydrogen-bond acceptors (Lipinski definition) is 3. The molecular weight excluding hydrogens is 336 g/mol. The number of nitrogens with zero attached hydrogens (tertiary/aromatic N) is 1. The van der Waals surface area contributed by atoms with Gasteiger partial charge in [0.1, 0.15) is 0 Å². The van der Waals surface area contributed by atoms with Gasteiger partial charge in [0.2, 0.25) is 15.9 Å². The van der Waals surface area contributed by atoms with E-state index < -0.39 is 10.0 Å². The highest BCUT2D eigenvalue weighted by atomic mass is 32.2. The van der Waals surface area contributed by atoms with Crippen LogP contribution in [0.2, 0.25) is 0 Å². The van der Waals surface area contributed by atoms with Gasteiger partial charge in [-0.2, -0.15) is 0 Å². The van der Waals surface area contributed by atoms with E-state index in [4.69, 9.17) is 0 Å². The van der Waals surface area contributed by atoms with E-state index in [0.29, 0.717) is 19.5 Å². The van der Waals surface area contributed by atoms with Crippen LogP contribution in [0.5, 0.6) is 0 Å². The largest absolute Gasteiger partial charge is 0.349 e. The zero-order valence-corrected chi connectivity index (χ0v) is 16.3. The zero-order valence-electron chi connectivity index (χ0n) is 15.5. The minimum absolute atomic E-state index is 0.0317. The molecule has 1 fully saturated rings. The highest BCUT2D eigenvalue weighted by Gasteiger charge is 2.32. The fourth-order valence-corrected chi connectivity index (χ4v) is 4.89. The van der Waals surface area contributed by atoms with Gasteiger partial charge < -0.3 is 5.32 Å². The lowest BCUT2D eigenvalue weighted by molar-refractivity contribution is -0.126. The Balaban J connectivity index is 2.02. The van der Waals surface area contributed by atoms with Crippen LogP contribution in [0.4, 0.5) is 0 Å². The van der Waals surface area contributed by atoms with Gasteiger partial charge in [-0.1, -0.05) is 43.7 Å². The summed E-state index contributed by atoms with van der Waals surface area (Å²) in [5, 5.41) is 3.12. The van der Waals surface area contributed by atoms with Gasteiger partial charge in [-0.3, -0.25) is 4.79 Å². The van der Waals surface area contributed by atoms with Crippen molar-refractivity contribution in [2.75, 3.05) is 18.8 Å². The number of piperidine rings is 1. The Labute approximate surface area is 151 Å². The normalized spacial score (nSPS) is 20.2. The summed E-state index contributed by atoms with van der Waals surface area (Å²) in [6, 6.07) is 8.15. The van der Waals surface area contributed by atoms with Crippen LogP contribution in [0.1, 0.15) is 56.7 Å². The molecule has 140 valence electrons. The number of hydrogen-bond donors (Lipinski definition) is 1. The van der Waals surface area contributed by atoms with Crippen LogP contribution in [0.15, 0.2) is 24.3 Å². The lowest BCUT2D eigenvalue weighted by Crippen LogP contribution is -2.46. The van der Waals surface area contributed by atoms with Crippen molar-refractivity contribution >= 4 is 15.9 Å². The Morgan fingerprint density at radius 2 is 1.96 bits per heavy atom. The quantitative estimate of drug-likeness (QED) is 0.807. The summed E-state index contributed by atoms with van der Waals surface area (Å²) < 4.78 is 26.1. The number of nitrogens with one attached hydrogen (secondary N) is 1. The number of amides is 1. The van der Waals surface area contributed by atoms with Crippen LogP contribution >= 0.6 is 0 Å². The molecule has 0 radical (unpaired) electrons. The van der Waals surface area contributed by atoms with E-state index in [1.54, 1.807) is 0 Å². The average Bonchev–Trinajstić information content (AvgIpc) is 2.60. The van der Waals surface area contributed by atoms with Crippen molar-refractivity contribution in [2.45, 2.75) is 52.5 Å². The summed E-state index contributed by atoms with van der Waals surface area (Å²) in [5.74, 6) is -0.147. The molecular formula is C19H30N2O3S. The van der Waals surface area contributed by atoms with Crippen molar-refractivity contribution in [1.82, 2.24) is 9.62 Å². The Kier molecular flexibility index (Phi) is 7.02. The fourth-order valence-electron chi connectivity index (χ4n) is 3.31. The van der Waals surface area contributed by atoms with Gasteiger partial charge in [0, 0.05) is 13.1 Å². The third-order valence-corrected chi connectivity index (χ3v) is 6.86. The molecule has 5 nitrogen and oxygen atoms in total. The lowest BCUT2D eigenvalue weighted by atomic mass is 9.97. The molecule has 1 N–H and O–H groups in total. The summed E-state index contributed by atoms with van der Waals surface area (Å²) in [6.45, 7) is 6.78. The second-order valence-electron chi connectivity index (χ2n) is 6.89. The van der Waals surface area contributed by atoms with E-state index in [9.17, 15) is 13.2 Å². The average molecular weight is 367 g/mol. The Bertz CT molecular complexity index is 670. The topological polar surface area (TPSA) is 66.5 Å². The smallest absolute Gasteiger partial charge is 0.224 e. The number of rotatable bonds is 7. The van der Waals surface area contributed by atoms with Crippen molar-refractivity contribution in [3.63, 3.8) is 0 Å². The molecule has 1 aromatic carbocycles. The third-order valence-electron chi connectivity index (χ3n) is 4.81. The summed E-state index contributed by atoms with van der Waals surface area (Å²) >= 11 is 0. The van der Waals surface area contributed by atoms with Crippen LogP contribution in [0.25, 0.3) is 0 Å². The van der Waals surface area contributed by atoms with E-state index in [-0.39, 0.29) is 23.6 Å². The molecule has 1 aliphatic heterocycles. The van der Waals surface area contributed by atoms with Crippen LogP contribution in [0, 0.1) is 12.8 Å². The summed E-state index contributed by atoms with van der Waals surface area (Å²) in [4.78, 5) is 12.7. The van der Waals surface area contributed by atoms with Crippen molar-refractivity contribution in [2.24, 2.45) is 5.92 Å². The zero-order chi connectivity index (χ0) is 18.4. The van der Waals surface area contributed by atoms with Gasteiger partial charge in [0.05, 0.1) is 17.7 Å². The highest BCUT2D eigenvalue weighted by Crippen LogP contribution is 2.23. The molecule has 0 aliphatic carbocycles. The summed E-state index contributed by atoms with van der Waals surface area (Å²) in [5.41, 5.74) is 2.28. The number of sulfonamides is 1. The van der Waals surface area contributed by atoms with Crippen LogP contribution in [-0.2, 0) is 14.8 Å². The second-order valence-corrected chi connectivity index (χ2v) is 8.98. The fraction of sp³-hybridized carbons (Fsp3) is 0.632. The Hall–Kier alpha value is -1.40. The van der Waals surface area contributed by atoms with E-state index in [1.165, 1.54) is 9.87 Å². The van der Waals surface area contributed by atoms with Gasteiger partial charge in [0.25, 0.3) is 0 Å². The van der Waals surface area contributed by atoms with Gasteiger partial charge >= 0.3 is 0 Å². The summed E-state index contributed by atoms with van der Waals surface area (Å²) in [6.07, 6.45) is 2.89. The maximum Gasteiger partial charge on any atom is 0.224 e. The lowest BCUT2D eigenvalue weighted by Gasteiger charge is -2.32. The Morgan fingerprint density at radius 3 is 2.56 bits per heavy atom. The van der Waals surface area contributed by atoms with Gasteiger partial charge in [-0.15, -0.1) is 0 Å². The minimum atomic E-state index is -3.24. The Morgan fingerprint density at radius 1 is 1.28 bits per heavy atom. The molecule has 1 heterocycles. The molecule has 0 saturated carbocycles. The monoisotopic (exact) mass is 366 g/mol. The standard InChI is InChI=1S/C19H30N2O3S/c1-4-13-25(23,24)21-12-6-7-17(14-21)19(22)20-18(5-2)16-10-8-15(3)9-11-16/h8-11,17-18H,4-7,12-14H2,1-3H3,(H,20,22). The first-order chi connectivity index (χ1) is 11.9. The van der Waals surface area contributed by atoms with Gasteiger partial charge in [-0.25, -0.2) is 12.7 Å². The molecule has 2 unspecified atom stereocenters. The predicted octanol–water partition coefficient (Wildman–Crippen LogP) is 3.01. The predicted molar refractivity (Wildman–Crippen MR) is 101 cm³/mol. The molecule has 2 atom stereocenters. The van der Waals surface area contributed by atoms with Crippen LogP contribution in [-0.4, -0.2) is 37.5 Å². The number of carbonyl (C=O) groups excluding carboxylic acids is 1. The van der Waals surface area contributed by atoms with Crippen molar-refractivity contribution in [1.29, 1.82) is 0 Å². The van der Waals surface area contributed by atoms with Crippen LogP contribution < -0.4 is 5.32 Å². The molecule has 0 spiro atoms. The minimum Gasteiger partial charge on any atom is -0.349 e. The molecule has 25 heavy (non-hydrogen) atoms.